The summed E-state index contributed by atoms with van der Waals surface area (Å²) in [5, 5.41) is 8.68. The van der Waals surface area contributed by atoms with Crippen LogP contribution < -0.4 is 0 Å². The molecule has 0 unspecified atom stereocenters. The van der Waals surface area contributed by atoms with Crippen LogP contribution in [0.25, 0.3) is 0 Å². The van der Waals surface area contributed by atoms with Crippen LogP contribution in [0.1, 0.15) is 23.2 Å². The fraction of sp³-hybridized carbons (Fsp3) is 0.375. The normalized spacial score (nSPS) is 10.9. The van der Waals surface area contributed by atoms with Gasteiger partial charge in [-0.25, -0.2) is 13.8 Å². The quantitative estimate of drug-likeness (QED) is 0.725. The third kappa shape index (κ3) is 1.98. The van der Waals surface area contributed by atoms with E-state index in [9.17, 15) is 13.2 Å². The third-order valence-corrected chi connectivity index (χ3v) is 1.77. The number of halogens is 3. The van der Waals surface area contributed by atoms with Gasteiger partial charge in [-0.2, -0.15) is 4.39 Å². The Morgan fingerprint density at radius 3 is 2.62 bits per heavy atom. The lowest BCUT2D eigenvalue weighted by atomic mass is 10.1. The molecule has 0 bridgehead atoms. The number of aliphatic hydroxyl groups is 1. The van der Waals surface area contributed by atoms with Crippen molar-refractivity contribution in [3.8, 4) is 0 Å². The van der Waals surface area contributed by atoms with Gasteiger partial charge >= 0.3 is 0 Å². The molecule has 1 rings (SSSR count). The van der Waals surface area contributed by atoms with Crippen molar-refractivity contribution >= 4 is 0 Å². The van der Waals surface area contributed by atoms with Crippen molar-refractivity contribution in [3.05, 3.63) is 28.8 Å². The zero-order valence-corrected chi connectivity index (χ0v) is 6.89. The topological polar surface area (TPSA) is 33.1 Å². The Morgan fingerprint density at radius 1 is 1.54 bits per heavy atom. The maximum Gasteiger partial charge on any atom is 0.264 e. The van der Waals surface area contributed by atoms with Crippen LogP contribution in [0.15, 0.2) is 6.07 Å². The number of nitrogens with zero attached hydrogens (tertiary/aromatic N) is 1. The summed E-state index contributed by atoms with van der Waals surface area (Å²) in [6, 6.07) is 0.680. The summed E-state index contributed by atoms with van der Waals surface area (Å²) in [5.74, 6) is -0.995. The number of aromatic nitrogens is 1. The minimum atomic E-state index is -2.75. The van der Waals surface area contributed by atoms with Crippen LogP contribution in [0, 0.1) is 12.9 Å². The molecule has 0 fully saturated rings. The molecular weight excluding hydrogens is 183 g/mol. The molecule has 0 radical (unpaired) electrons. The molecule has 1 aromatic heterocycles. The largest absolute Gasteiger partial charge is 0.390 e. The minimum Gasteiger partial charge on any atom is -0.390 e. The van der Waals surface area contributed by atoms with E-state index < -0.39 is 24.5 Å². The van der Waals surface area contributed by atoms with E-state index in [1.807, 2.05) is 0 Å². The van der Waals surface area contributed by atoms with Crippen LogP contribution >= 0.6 is 0 Å². The second-order valence-corrected chi connectivity index (χ2v) is 2.56. The van der Waals surface area contributed by atoms with E-state index in [4.69, 9.17) is 5.11 Å². The van der Waals surface area contributed by atoms with Crippen LogP contribution in [0.5, 0.6) is 0 Å². The van der Waals surface area contributed by atoms with Gasteiger partial charge in [-0.05, 0) is 12.5 Å². The van der Waals surface area contributed by atoms with Gasteiger partial charge in [0.05, 0.1) is 12.3 Å². The van der Waals surface area contributed by atoms with Crippen molar-refractivity contribution in [3.63, 3.8) is 0 Å². The van der Waals surface area contributed by atoms with Gasteiger partial charge in [0.25, 0.3) is 6.43 Å². The second kappa shape index (κ2) is 3.74. The van der Waals surface area contributed by atoms with Gasteiger partial charge in [-0.1, -0.05) is 0 Å². The maximum atomic E-state index is 12.6. The summed E-state index contributed by atoms with van der Waals surface area (Å²) in [5.41, 5.74) is -0.328. The summed E-state index contributed by atoms with van der Waals surface area (Å²) in [4.78, 5) is 3.28. The number of pyridine rings is 1. The van der Waals surface area contributed by atoms with Gasteiger partial charge < -0.3 is 5.11 Å². The second-order valence-electron chi connectivity index (χ2n) is 2.56. The monoisotopic (exact) mass is 191 g/mol. The molecule has 1 heterocycles. The lowest BCUT2D eigenvalue weighted by Crippen LogP contribution is -2.02. The first-order chi connectivity index (χ1) is 6.06. The Bertz CT molecular complexity index is 315. The summed E-state index contributed by atoms with van der Waals surface area (Å²) >= 11 is 0. The molecule has 0 aliphatic rings. The number of hydrogen-bond donors (Lipinski definition) is 1. The molecule has 0 saturated heterocycles. The van der Waals surface area contributed by atoms with Gasteiger partial charge in [0.15, 0.2) is 0 Å². The molecule has 1 aromatic rings. The Kier molecular flexibility index (Phi) is 2.87. The van der Waals surface area contributed by atoms with E-state index in [-0.39, 0.29) is 11.3 Å². The number of aliphatic hydroxyl groups excluding tert-OH is 1. The van der Waals surface area contributed by atoms with Crippen LogP contribution in [0.2, 0.25) is 0 Å². The van der Waals surface area contributed by atoms with Gasteiger partial charge in [-0.15, -0.1) is 0 Å². The molecule has 2 nitrogen and oxygen atoms in total. The van der Waals surface area contributed by atoms with E-state index in [0.717, 1.165) is 0 Å². The molecule has 72 valence electrons. The zero-order chi connectivity index (χ0) is 10.0. The van der Waals surface area contributed by atoms with Crippen molar-refractivity contribution in [2.24, 2.45) is 0 Å². The molecule has 0 spiro atoms. The molecule has 0 aromatic carbocycles. The molecule has 0 aliphatic carbocycles. The van der Waals surface area contributed by atoms with Crippen molar-refractivity contribution < 1.29 is 18.3 Å². The zero-order valence-electron chi connectivity index (χ0n) is 6.89. The van der Waals surface area contributed by atoms with Gasteiger partial charge in [0.2, 0.25) is 5.95 Å². The molecule has 1 N–H and O–H groups in total. The Labute approximate surface area is 73.0 Å². The number of hydrogen-bond acceptors (Lipinski definition) is 2. The summed E-state index contributed by atoms with van der Waals surface area (Å²) in [7, 11) is 0. The molecule has 13 heavy (non-hydrogen) atoms. The van der Waals surface area contributed by atoms with Gasteiger partial charge in [0, 0.05) is 11.6 Å². The summed E-state index contributed by atoms with van der Waals surface area (Å²) in [6.07, 6.45) is -2.75. The van der Waals surface area contributed by atoms with Crippen molar-refractivity contribution in [1.82, 2.24) is 4.98 Å². The highest BCUT2D eigenvalue weighted by atomic mass is 19.3. The van der Waals surface area contributed by atoms with Crippen molar-refractivity contribution in [2.75, 3.05) is 0 Å². The van der Waals surface area contributed by atoms with E-state index in [2.05, 4.69) is 4.98 Å². The third-order valence-electron chi connectivity index (χ3n) is 1.77. The van der Waals surface area contributed by atoms with E-state index in [1.54, 1.807) is 0 Å². The van der Waals surface area contributed by atoms with Crippen LogP contribution in [0.3, 0.4) is 0 Å². The van der Waals surface area contributed by atoms with E-state index in [0.29, 0.717) is 6.07 Å². The minimum absolute atomic E-state index is 0.0460. The Morgan fingerprint density at radius 2 is 2.15 bits per heavy atom. The molecule has 0 saturated carbocycles. The number of rotatable bonds is 2. The fourth-order valence-electron chi connectivity index (χ4n) is 1.03. The van der Waals surface area contributed by atoms with Crippen LogP contribution in [-0.2, 0) is 6.61 Å². The average molecular weight is 191 g/mol. The summed E-state index contributed by atoms with van der Waals surface area (Å²) < 4.78 is 37.1. The predicted molar refractivity (Wildman–Crippen MR) is 39.8 cm³/mol. The Hall–Kier alpha value is -1.10. The molecule has 0 amide bonds. The predicted octanol–water partition coefficient (Wildman–Crippen LogP) is 1.96. The maximum absolute atomic E-state index is 12.6. The number of alkyl halides is 2. The smallest absolute Gasteiger partial charge is 0.264 e. The SMILES string of the molecule is Cc1c(C(F)F)cc(F)nc1CO. The molecule has 5 heteroatoms. The first kappa shape index (κ1) is 9.98. The molecule has 0 atom stereocenters. The van der Waals surface area contributed by atoms with E-state index >= 15 is 0 Å². The summed E-state index contributed by atoms with van der Waals surface area (Å²) in [6.45, 7) is 0.836. The van der Waals surface area contributed by atoms with E-state index in [1.165, 1.54) is 6.92 Å². The highest BCUT2D eigenvalue weighted by Crippen LogP contribution is 2.24. The van der Waals surface area contributed by atoms with Crippen LogP contribution in [0.4, 0.5) is 13.2 Å². The Balaban J connectivity index is 3.27. The fourth-order valence-corrected chi connectivity index (χ4v) is 1.03. The average Bonchev–Trinajstić information content (AvgIpc) is 2.08. The molecular formula is C8H8F3NO. The highest BCUT2D eigenvalue weighted by molar-refractivity contribution is 5.29. The van der Waals surface area contributed by atoms with Crippen molar-refractivity contribution in [1.29, 1.82) is 0 Å². The molecule has 0 aliphatic heterocycles. The first-order valence-electron chi connectivity index (χ1n) is 3.61. The standard InChI is InChI=1S/C8H8F3NO/c1-4-5(8(10)11)2-7(9)12-6(4)3-13/h2,8,13H,3H2,1H3. The lowest BCUT2D eigenvalue weighted by Gasteiger charge is -2.07. The van der Waals surface area contributed by atoms with Crippen molar-refractivity contribution in [2.45, 2.75) is 20.0 Å². The highest BCUT2D eigenvalue weighted by Gasteiger charge is 2.15. The van der Waals surface area contributed by atoms with Crippen LogP contribution in [-0.4, -0.2) is 10.1 Å². The lowest BCUT2D eigenvalue weighted by molar-refractivity contribution is 0.149. The van der Waals surface area contributed by atoms with Gasteiger partial charge in [0.1, 0.15) is 0 Å². The van der Waals surface area contributed by atoms with Gasteiger partial charge in [-0.3, -0.25) is 0 Å². The first-order valence-corrected chi connectivity index (χ1v) is 3.61.